The van der Waals surface area contributed by atoms with E-state index in [1.54, 1.807) is 0 Å². The summed E-state index contributed by atoms with van der Waals surface area (Å²) >= 11 is 5.92. The summed E-state index contributed by atoms with van der Waals surface area (Å²) in [5, 5.41) is 3.99. The van der Waals surface area contributed by atoms with Crippen molar-refractivity contribution in [1.82, 2.24) is 20.0 Å². The molecule has 2 aliphatic rings. The Kier molecular flexibility index (Phi) is 7.67. The van der Waals surface area contributed by atoms with Crippen molar-refractivity contribution in [2.75, 3.05) is 65.6 Å². The zero-order valence-electron chi connectivity index (χ0n) is 16.4. The van der Waals surface area contributed by atoms with Crippen molar-refractivity contribution in [3.8, 4) is 0 Å². The molecule has 0 aliphatic carbocycles. The van der Waals surface area contributed by atoms with Gasteiger partial charge >= 0.3 is 0 Å². The molecule has 28 heavy (non-hydrogen) atoms. The van der Waals surface area contributed by atoms with Crippen molar-refractivity contribution in [2.45, 2.75) is 13.0 Å². The number of rotatable bonds is 6. The van der Waals surface area contributed by atoms with Gasteiger partial charge < -0.3 is 19.9 Å². The van der Waals surface area contributed by atoms with Crippen molar-refractivity contribution in [3.05, 3.63) is 34.9 Å². The lowest BCUT2D eigenvalue weighted by Crippen LogP contribution is -2.53. The molecule has 154 valence electrons. The summed E-state index contributed by atoms with van der Waals surface area (Å²) in [6.45, 7) is 8.13. The topological polar surface area (TPSA) is 65.1 Å². The van der Waals surface area contributed by atoms with E-state index in [-0.39, 0.29) is 17.9 Å². The maximum atomic E-state index is 12.5. The zero-order valence-corrected chi connectivity index (χ0v) is 17.2. The lowest BCUT2D eigenvalue weighted by atomic mass is 10.1. The van der Waals surface area contributed by atoms with Crippen LogP contribution < -0.4 is 5.32 Å². The summed E-state index contributed by atoms with van der Waals surface area (Å²) in [6.07, 6.45) is 0. The first kappa shape index (κ1) is 21.0. The number of ether oxygens (including phenoxy) is 1. The number of nitrogens with zero attached hydrogens (tertiary/aromatic N) is 3. The second-order valence-corrected chi connectivity index (χ2v) is 7.74. The van der Waals surface area contributed by atoms with Crippen LogP contribution in [0.4, 0.5) is 0 Å². The van der Waals surface area contributed by atoms with Crippen LogP contribution in [0.2, 0.25) is 5.02 Å². The molecule has 0 bridgehead atoms. The summed E-state index contributed by atoms with van der Waals surface area (Å²) in [5.74, 6) is 0.251. The lowest BCUT2D eigenvalue weighted by Gasteiger charge is -2.36. The van der Waals surface area contributed by atoms with Crippen LogP contribution in [-0.2, 0) is 14.3 Å². The van der Waals surface area contributed by atoms with Crippen molar-refractivity contribution in [1.29, 1.82) is 0 Å². The molecule has 1 aromatic carbocycles. The number of hydrogen-bond donors (Lipinski definition) is 1. The van der Waals surface area contributed by atoms with Gasteiger partial charge in [0.2, 0.25) is 11.8 Å². The number of piperazine rings is 1. The minimum atomic E-state index is 0.0775. The molecule has 2 aliphatic heterocycles. The van der Waals surface area contributed by atoms with Gasteiger partial charge in [-0.25, -0.2) is 0 Å². The molecule has 0 saturated carbocycles. The Labute approximate surface area is 171 Å². The number of hydrogen-bond acceptors (Lipinski definition) is 5. The van der Waals surface area contributed by atoms with Gasteiger partial charge in [-0.3, -0.25) is 14.5 Å². The largest absolute Gasteiger partial charge is 0.378 e. The summed E-state index contributed by atoms with van der Waals surface area (Å²) in [7, 11) is 0. The van der Waals surface area contributed by atoms with Gasteiger partial charge in [0.1, 0.15) is 0 Å². The lowest BCUT2D eigenvalue weighted by molar-refractivity contribution is -0.137. The van der Waals surface area contributed by atoms with Crippen LogP contribution in [0.3, 0.4) is 0 Å². The first-order valence-corrected chi connectivity index (χ1v) is 10.3. The molecule has 1 unspecified atom stereocenters. The number of amides is 2. The third-order valence-corrected chi connectivity index (χ3v) is 5.63. The molecule has 2 saturated heterocycles. The Hall–Kier alpha value is -1.67. The Bertz CT molecular complexity index is 656. The van der Waals surface area contributed by atoms with Crippen molar-refractivity contribution < 1.29 is 14.3 Å². The molecule has 2 fully saturated rings. The van der Waals surface area contributed by atoms with E-state index in [4.69, 9.17) is 16.3 Å². The highest BCUT2D eigenvalue weighted by Crippen LogP contribution is 2.16. The van der Waals surface area contributed by atoms with Gasteiger partial charge in [0.05, 0.1) is 26.3 Å². The normalized spacial score (nSPS) is 19.5. The number of morpholine rings is 1. The van der Waals surface area contributed by atoms with Gasteiger partial charge in [-0.05, 0) is 24.6 Å². The van der Waals surface area contributed by atoms with Crippen LogP contribution in [0.15, 0.2) is 24.3 Å². The number of carbonyl (C=O) groups is 2. The van der Waals surface area contributed by atoms with E-state index < -0.39 is 0 Å². The highest BCUT2D eigenvalue weighted by atomic mass is 35.5. The van der Waals surface area contributed by atoms with E-state index in [0.29, 0.717) is 57.5 Å². The Balaban J connectivity index is 1.37. The molecular weight excluding hydrogens is 380 g/mol. The molecule has 0 aromatic heterocycles. The van der Waals surface area contributed by atoms with Gasteiger partial charge in [-0.2, -0.15) is 0 Å². The molecule has 2 heterocycles. The standard InChI is InChI=1S/C20H29ClN4O3/c1-16(17-2-4-18(21)5-3-17)22-14-19(26)24-8-6-23(7-9-24)15-20(27)25-10-12-28-13-11-25/h2-5,16,22H,6-15H2,1H3. The molecule has 1 N–H and O–H groups in total. The molecule has 0 radical (unpaired) electrons. The van der Waals surface area contributed by atoms with Crippen molar-refractivity contribution >= 4 is 23.4 Å². The highest BCUT2D eigenvalue weighted by Gasteiger charge is 2.25. The first-order chi connectivity index (χ1) is 13.5. The van der Waals surface area contributed by atoms with Crippen molar-refractivity contribution in [2.24, 2.45) is 0 Å². The summed E-state index contributed by atoms with van der Waals surface area (Å²) in [6, 6.07) is 7.72. The molecule has 2 amide bonds. The maximum absolute atomic E-state index is 12.5. The van der Waals surface area contributed by atoms with Crippen molar-refractivity contribution in [3.63, 3.8) is 0 Å². The minimum absolute atomic E-state index is 0.0775. The second-order valence-electron chi connectivity index (χ2n) is 7.30. The Morgan fingerprint density at radius 3 is 2.25 bits per heavy atom. The molecule has 1 aromatic rings. The first-order valence-electron chi connectivity index (χ1n) is 9.87. The molecule has 1 atom stereocenters. The van der Waals surface area contributed by atoms with E-state index in [1.165, 1.54) is 0 Å². The van der Waals surface area contributed by atoms with Crippen LogP contribution in [0.25, 0.3) is 0 Å². The molecule has 3 rings (SSSR count). The fourth-order valence-electron chi connectivity index (χ4n) is 3.48. The summed E-state index contributed by atoms with van der Waals surface area (Å²) < 4.78 is 5.29. The van der Waals surface area contributed by atoms with Gasteiger partial charge in [0, 0.05) is 50.3 Å². The van der Waals surface area contributed by atoms with E-state index in [2.05, 4.69) is 10.2 Å². The van der Waals surface area contributed by atoms with Gasteiger partial charge in [-0.15, -0.1) is 0 Å². The van der Waals surface area contributed by atoms with E-state index >= 15 is 0 Å². The Morgan fingerprint density at radius 1 is 1.00 bits per heavy atom. The smallest absolute Gasteiger partial charge is 0.236 e. The molecule has 0 spiro atoms. The maximum Gasteiger partial charge on any atom is 0.236 e. The number of benzene rings is 1. The average molecular weight is 409 g/mol. The highest BCUT2D eigenvalue weighted by molar-refractivity contribution is 6.30. The molecule has 8 heteroatoms. The number of carbonyl (C=O) groups excluding carboxylic acids is 2. The summed E-state index contributed by atoms with van der Waals surface area (Å²) in [5.41, 5.74) is 1.10. The van der Waals surface area contributed by atoms with Gasteiger partial charge in [0.15, 0.2) is 0 Å². The number of halogens is 1. The second kappa shape index (κ2) is 10.2. The fraction of sp³-hybridized carbons (Fsp3) is 0.600. The van der Waals surface area contributed by atoms with Crippen LogP contribution in [0.5, 0.6) is 0 Å². The van der Waals surface area contributed by atoms with Crippen LogP contribution in [0, 0.1) is 0 Å². The average Bonchev–Trinajstić information content (AvgIpc) is 2.73. The Morgan fingerprint density at radius 2 is 1.61 bits per heavy atom. The monoisotopic (exact) mass is 408 g/mol. The van der Waals surface area contributed by atoms with E-state index in [9.17, 15) is 9.59 Å². The fourth-order valence-corrected chi connectivity index (χ4v) is 3.61. The third kappa shape index (κ3) is 5.91. The van der Waals surface area contributed by atoms with Gasteiger partial charge in [-0.1, -0.05) is 23.7 Å². The van der Waals surface area contributed by atoms with Crippen LogP contribution >= 0.6 is 11.6 Å². The SMILES string of the molecule is CC(NCC(=O)N1CCN(CC(=O)N2CCOCC2)CC1)c1ccc(Cl)cc1. The third-order valence-electron chi connectivity index (χ3n) is 5.38. The molecule has 7 nitrogen and oxygen atoms in total. The summed E-state index contributed by atoms with van der Waals surface area (Å²) in [4.78, 5) is 30.7. The number of nitrogens with one attached hydrogen (secondary N) is 1. The predicted molar refractivity (Wildman–Crippen MR) is 108 cm³/mol. The molecular formula is C20H29ClN4O3. The van der Waals surface area contributed by atoms with E-state index in [1.807, 2.05) is 41.0 Å². The minimum Gasteiger partial charge on any atom is -0.378 e. The zero-order chi connectivity index (χ0) is 19.9. The van der Waals surface area contributed by atoms with Crippen LogP contribution in [-0.4, -0.2) is 92.1 Å². The predicted octanol–water partition coefficient (Wildman–Crippen LogP) is 0.994. The van der Waals surface area contributed by atoms with Crippen LogP contribution in [0.1, 0.15) is 18.5 Å². The van der Waals surface area contributed by atoms with Gasteiger partial charge in [0.25, 0.3) is 0 Å². The van der Waals surface area contributed by atoms with E-state index in [0.717, 1.165) is 18.7 Å². The quantitative estimate of drug-likeness (QED) is 0.760.